The zero-order valence-electron chi connectivity index (χ0n) is 11.4. The molecule has 3 rings (SSSR count). The van der Waals surface area contributed by atoms with E-state index in [4.69, 9.17) is 0 Å². The van der Waals surface area contributed by atoms with Crippen LogP contribution >= 0.6 is 0 Å². The first-order valence-electron chi connectivity index (χ1n) is 7.12. The maximum absolute atomic E-state index is 4.67. The van der Waals surface area contributed by atoms with E-state index in [1.54, 1.807) is 0 Å². The van der Waals surface area contributed by atoms with Gasteiger partial charge in [0.15, 0.2) is 0 Å². The van der Waals surface area contributed by atoms with Gasteiger partial charge >= 0.3 is 0 Å². The van der Waals surface area contributed by atoms with E-state index in [2.05, 4.69) is 59.2 Å². The van der Waals surface area contributed by atoms with Crippen LogP contribution in [0.1, 0.15) is 48.7 Å². The molecule has 0 unspecified atom stereocenters. The summed E-state index contributed by atoms with van der Waals surface area (Å²) in [6, 6.07) is 13.2. The molecule has 0 N–H and O–H groups in total. The van der Waals surface area contributed by atoms with Crippen molar-refractivity contribution in [2.24, 2.45) is 0 Å². The summed E-state index contributed by atoms with van der Waals surface area (Å²) in [6.07, 6.45) is 9.58. The molecule has 0 spiro atoms. The number of benzene rings is 1. The summed E-state index contributed by atoms with van der Waals surface area (Å²) in [7, 11) is 0. The zero-order valence-corrected chi connectivity index (χ0v) is 11.4. The molecule has 1 aromatic heterocycles. The molecule has 0 aliphatic heterocycles. The van der Waals surface area contributed by atoms with Crippen LogP contribution < -0.4 is 0 Å². The second-order valence-electron chi connectivity index (χ2n) is 5.34. The summed E-state index contributed by atoms with van der Waals surface area (Å²) in [5, 5.41) is 4.67. The Bertz CT molecular complexity index is 560. The monoisotopic (exact) mass is 252 g/mol. The second kappa shape index (κ2) is 5.43. The Balaban J connectivity index is 1.86. The van der Waals surface area contributed by atoms with E-state index >= 15 is 0 Å². The maximum Gasteiger partial charge on any atom is 0.0616 e. The minimum absolute atomic E-state index is 0.601. The SMILES string of the molecule is Cc1cc(/C=C/c2ccccc2)n(C2CCCC2)n1. The molecule has 1 aromatic carbocycles. The van der Waals surface area contributed by atoms with Gasteiger partial charge in [-0.05, 0) is 37.5 Å². The van der Waals surface area contributed by atoms with Crippen LogP contribution in [0.3, 0.4) is 0 Å². The Morgan fingerprint density at radius 3 is 2.58 bits per heavy atom. The molecular formula is C17H20N2. The lowest BCUT2D eigenvalue weighted by atomic mass is 10.2. The van der Waals surface area contributed by atoms with Gasteiger partial charge in [0.05, 0.1) is 17.4 Å². The summed E-state index contributed by atoms with van der Waals surface area (Å²) in [4.78, 5) is 0. The number of aromatic nitrogens is 2. The fourth-order valence-electron chi connectivity index (χ4n) is 2.85. The Labute approximate surface area is 114 Å². The van der Waals surface area contributed by atoms with E-state index in [0.29, 0.717) is 6.04 Å². The van der Waals surface area contributed by atoms with E-state index in [9.17, 15) is 0 Å². The van der Waals surface area contributed by atoms with Crippen LogP contribution in [0.4, 0.5) is 0 Å². The lowest BCUT2D eigenvalue weighted by molar-refractivity contribution is 0.461. The Kier molecular flexibility index (Phi) is 3.49. The summed E-state index contributed by atoms with van der Waals surface area (Å²) in [5.41, 5.74) is 3.58. The van der Waals surface area contributed by atoms with Gasteiger partial charge in [-0.3, -0.25) is 4.68 Å². The molecular weight excluding hydrogens is 232 g/mol. The molecule has 1 aliphatic rings. The first-order valence-corrected chi connectivity index (χ1v) is 7.12. The number of nitrogens with zero attached hydrogens (tertiary/aromatic N) is 2. The second-order valence-corrected chi connectivity index (χ2v) is 5.34. The quantitative estimate of drug-likeness (QED) is 0.787. The standard InChI is InChI=1S/C17H20N2/c1-14-13-17(12-11-15-7-3-2-4-8-15)19(18-14)16-9-5-6-10-16/h2-4,7-8,11-13,16H,5-6,9-10H2,1H3/b12-11+. The number of rotatable bonds is 3. The average molecular weight is 252 g/mol. The van der Waals surface area contributed by atoms with Crippen molar-refractivity contribution in [3.8, 4) is 0 Å². The van der Waals surface area contributed by atoms with Crippen molar-refractivity contribution in [3.05, 3.63) is 53.3 Å². The average Bonchev–Trinajstić information content (AvgIpc) is 3.06. The minimum Gasteiger partial charge on any atom is -0.262 e. The summed E-state index contributed by atoms with van der Waals surface area (Å²) in [6.45, 7) is 2.07. The molecule has 1 fully saturated rings. The molecule has 0 atom stereocenters. The van der Waals surface area contributed by atoms with Gasteiger partial charge in [0, 0.05) is 0 Å². The molecule has 1 aliphatic carbocycles. The number of hydrogen-bond acceptors (Lipinski definition) is 1. The molecule has 0 radical (unpaired) electrons. The lowest BCUT2D eigenvalue weighted by Crippen LogP contribution is -2.08. The number of aryl methyl sites for hydroxylation is 1. The van der Waals surface area contributed by atoms with Crippen molar-refractivity contribution in [1.82, 2.24) is 9.78 Å². The fraction of sp³-hybridized carbons (Fsp3) is 0.353. The van der Waals surface area contributed by atoms with Gasteiger partial charge in [0.2, 0.25) is 0 Å². The van der Waals surface area contributed by atoms with Crippen LogP contribution in [0, 0.1) is 6.92 Å². The van der Waals surface area contributed by atoms with Crippen LogP contribution in [-0.4, -0.2) is 9.78 Å². The molecule has 2 nitrogen and oxygen atoms in total. The van der Waals surface area contributed by atoms with Gasteiger partial charge in [-0.15, -0.1) is 0 Å². The summed E-state index contributed by atoms with van der Waals surface area (Å²) >= 11 is 0. The van der Waals surface area contributed by atoms with Gasteiger partial charge in [-0.1, -0.05) is 49.2 Å². The maximum atomic E-state index is 4.67. The molecule has 0 bridgehead atoms. The third-order valence-corrected chi connectivity index (χ3v) is 3.80. The fourth-order valence-corrected chi connectivity index (χ4v) is 2.85. The Hall–Kier alpha value is -1.83. The highest BCUT2D eigenvalue weighted by Crippen LogP contribution is 2.30. The molecule has 2 heteroatoms. The molecule has 98 valence electrons. The predicted molar refractivity (Wildman–Crippen MR) is 79.8 cm³/mol. The number of hydrogen-bond donors (Lipinski definition) is 0. The Morgan fingerprint density at radius 1 is 1.11 bits per heavy atom. The van der Waals surface area contributed by atoms with E-state index in [1.165, 1.54) is 36.9 Å². The van der Waals surface area contributed by atoms with Crippen LogP contribution in [0.5, 0.6) is 0 Å². The third-order valence-electron chi connectivity index (χ3n) is 3.80. The normalized spacial score (nSPS) is 16.5. The van der Waals surface area contributed by atoms with E-state index < -0.39 is 0 Å². The smallest absolute Gasteiger partial charge is 0.0616 e. The highest BCUT2D eigenvalue weighted by Gasteiger charge is 2.19. The van der Waals surface area contributed by atoms with Crippen molar-refractivity contribution in [2.75, 3.05) is 0 Å². The van der Waals surface area contributed by atoms with Crippen LogP contribution in [-0.2, 0) is 0 Å². The van der Waals surface area contributed by atoms with Crippen molar-refractivity contribution in [2.45, 2.75) is 38.6 Å². The minimum atomic E-state index is 0.601. The van der Waals surface area contributed by atoms with Gasteiger partial charge in [0.25, 0.3) is 0 Å². The van der Waals surface area contributed by atoms with Crippen molar-refractivity contribution in [3.63, 3.8) is 0 Å². The van der Waals surface area contributed by atoms with Crippen LogP contribution in [0.2, 0.25) is 0 Å². The van der Waals surface area contributed by atoms with E-state index in [1.807, 2.05) is 6.07 Å². The lowest BCUT2D eigenvalue weighted by Gasteiger charge is -2.12. The van der Waals surface area contributed by atoms with Crippen molar-refractivity contribution >= 4 is 12.2 Å². The molecule has 1 heterocycles. The third kappa shape index (κ3) is 2.78. The van der Waals surface area contributed by atoms with E-state index in [-0.39, 0.29) is 0 Å². The van der Waals surface area contributed by atoms with Gasteiger partial charge in [-0.2, -0.15) is 5.10 Å². The predicted octanol–water partition coefficient (Wildman–Crippen LogP) is 4.48. The first kappa shape index (κ1) is 12.2. The van der Waals surface area contributed by atoms with Crippen LogP contribution in [0.15, 0.2) is 36.4 Å². The molecule has 0 saturated heterocycles. The summed E-state index contributed by atoms with van der Waals surface area (Å²) < 4.78 is 2.22. The molecule has 19 heavy (non-hydrogen) atoms. The van der Waals surface area contributed by atoms with Crippen molar-refractivity contribution in [1.29, 1.82) is 0 Å². The highest BCUT2D eigenvalue weighted by molar-refractivity contribution is 5.68. The van der Waals surface area contributed by atoms with Gasteiger partial charge < -0.3 is 0 Å². The summed E-state index contributed by atoms with van der Waals surface area (Å²) in [5.74, 6) is 0. The largest absolute Gasteiger partial charge is 0.262 e. The topological polar surface area (TPSA) is 17.8 Å². The van der Waals surface area contributed by atoms with E-state index in [0.717, 1.165) is 5.69 Å². The molecule has 1 saturated carbocycles. The first-order chi connectivity index (χ1) is 9.33. The van der Waals surface area contributed by atoms with Crippen molar-refractivity contribution < 1.29 is 0 Å². The van der Waals surface area contributed by atoms with Gasteiger partial charge in [-0.25, -0.2) is 0 Å². The Morgan fingerprint density at radius 2 is 1.84 bits per heavy atom. The van der Waals surface area contributed by atoms with Crippen LogP contribution in [0.25, 0.3) is 12.2 Å². The molecule has 2 aromatic rings. The highest BCUT2D eigenvalue weighted by atomic mass is 15.3. The van der Waals surface area contributed by atoms with Gasteiger partial charge in [0.1, 0.15) is 0 Å². The zero-order chi connectivity index (χ0) is 13.1. The molecule has 0 amide bonds.